The molecule has 4 nitrogen and oxygen atoms in total. The fourth-order valence-electron chi connectivity index (χ4n) is 2.11. The van der Waals surface area contributed by atoms with Gasteiger partial charge in [0.1, 0.15) is 12.4 Å². The van der Waals surface area contributed by atoms with E-state index < -0.39 is 0 Å². The summed E-state index contributed by atoms with van der Waals surface area (Å²) >= 11 is 0. The highest BCUT2D eigenvalue weighted by atomic mass is 16.5. The van der Waals surface area contributed by atoms with Crippen molar-refractivity contribution >= 4 is 0 Å². The Morgan fingerprint density at radius 3 is 2.55 bits per heavy atom. The van der Waals surface area contributed by atoms with E-state index in [9.17, 15) is 0 Å². The molecule has 1 atom stereocenters. The third kappa shape index (κ3) is 5.60. The molecule has 0 amide bonds. The first kappa shape index (κ1) is 16.5. The van der Waals surface area contributed by atoms with Crippen LogP contribution in [0.3, 0.4) is 0 Å². The number of benzene rings is 1. The maximum absolute atomic E-state index is 8.62. The molecule has 0 aromatic heterocycles. The standard InChI is InChI=1S/C16H24N2O2/c1-4-18(14(2)13-19-3)11-12-20-16-7-5-15(6-8-16)9-10-17/h5-8,14H,4,9,11-13H2,1-3H3. The second-order valence-corrected chi connectivity index (χ2v) is 4.76. The number of hydrogen-bond donors (Lipinski definition) is 0. The van der Waals surface area contributed by atoms with Crippen LogP contribution in [-0.4, -0.2) is 44.4 Å². The molecule has 20 heavy (non-hydrogen) atoms. The van der Waals surface area contributed by atoms with Gasteiger partial charge in [-0.15, -0.1) is 0 Å². The van der Waals surface area contributed by atoms with Crippen molar-refractivity contribution in [2.45, 2.75) is 26.3 Å². The van der Waals surface area contributed by atoms with Crippen molar-refractivity contribution in [3.05, 3.63) is 29.8 Å². The van der Waals surface area contributed by atoms with Crippen LogP contribution in [-0.2, 0) is 11.2 Å². The molecule has 0 aliphatic rings. The van der Waals surface area contributed by atoms with Crippen LogP contribution in [0.2, 0.25) is 0 Å². The minimum atomic E-state index is 0.395. The summed E-state index contributed by atoms with van der Waals surface area (Å²) in [5.74, 6) is 0.849. The van der Waals surface area contributed by atoms with Crippen molar-refractivity contribution in [3.63, 3.8) is 0 Å². The van der Waals surface area contributed by atoms with Gasteiger partial charge in [0.2, 0.25) is 0 Å². The average Bonchev–Trinajstić information content (AvgIpc) is 2.46. The predicted octanol–water partition coefficient (Wildman–Crippen LogP) is 2.49. The van der Waals surface area contributed by atoms with E-state index in [1.807, 2.05) is 24.3 Å². The van der Waals surface area contributed by atoms with Crippen molar-refractivity contribution in [1.29, 1.82) is 5.26 Å². The lowest BCUT2D eigenvalue weighted by atomic mass is 10.2. The van der Waals surface area contributed by atoms with Gasteiger partial charge < -0.3 is 9.47 Å². The highest BCUT2D eigenvalue weighted by Gasteiger charge is 2.11. The summed E-state index contributed by atoms with van der Waals surface area (Å²) in [6.45, 7) is 7.54. The van der Waals surface area contributed by atoms with Crippen LogP contribution in [0, 0.1) is 11.3 Å². The predicted molar refractivity (Wildman–Crippen MR) is 79.8 cm³/mol. The molecule has 1 aromatic rings. The van der Waals surface area contributed by atoms with Crippen LogP contribution >= 0.6 is 0 Å². The lowest BCUT2D eigenvalue weighted by Gasteiger charge is -2.27. The van der Waals surface area contributed by atoms with E-state index in [2.05, 4.69) is 24.8 Å². The number of likely N-dealkylation sites (N-methyl/N-ethyl adjacent to an activating group) is 1. The van der Waals surface area contributed by atoms with Crippen molar-refractivity contribution in [3.8, 4) is 11.8 Å². The van der Waals surface area contributed by atoms with Gasteiger partial charge in [-0.3, -0.25) is 4.90 Å². The molecule has 110 valence electrons. The average molecular weight is 276 g/mol. The van der Waals surface area contributed by atoms with Crippen molar-refractivity contribution in [1.82, 2.24) is 4.90 Å². The summed E-state index contributed by atoms with van der Waals surface area (Å²) in [5, 5.41) is 8.62. The largest absolute Gasteiger partial charge is 0.492 e. The molecule has 1 rings (SSSR count). The monoisotopic (exact) mass is 276 g/mol. The van der Waals surface area contributed by atoms with Crippen molar-refractivity contribution in [2.24, 2.45) is 0 Å². The molecule has 0 fully saturated rings. The zero-order valence-corrected chi connectivity index (χ0v) is 12.6. The van der Waals surface area contributed by atoms with Crippen LogP contribution in [0.25, 0.3) is 0 Å². The lowest BCUT2D eigenvalue weighted by molar-refractivity contribution is 0.0920. The molecule has 0 N–H and O–H groups in total. The Morgan fingerprint density at radius 2 is 2.00 bits per heavy atom. The second kappa shape index (κ2) is 9.35. The molecule has 0 aliphatic carbocycles. The Labute approximate surface area is 121 Å². The summed E-state index contributed by atoms with van der Waals surface area (Å²) in [7, 11) is 1.73. The Bertz CT molecular complexity index is 411. The molecular weight excluding hydrogens is 252 g/mol. The van der Waals surface area contributed by atoms with Gasteiger partial charge in [0.05, 0.1) is 19.1 Å². The van der Waals surface area contributed by atoms with E-state index in [4.69, 9.17) is 14.7 Å². The Kier molecular flexibility index (Phi) is 7.71. The summed E-state index contributed by atoms with van der Waals surface area (Å²) in [6, 6.07) is 10.2. The fraction of sp³-hybridized carbons (Fsp3) is 0.562. The summed E-state index contributed by atoms with van der Waals surface area (Å²) in [5.41, 5.74) is 1.02. The highest BCUT2D eigenvalue weighted by molar-refractivity contribution is 5.28. The Morgan fingerprint density at radius 1 is 1.30 bits per heavy atom. The minimum absolute atomic E-state index is 0.395. The number of ether oxygens (including phenoxy) is 2. The molecule has 0 bridgehead atoms. The third-order valence-corrected chi connectivity index (χ3v) is 3.29. The number of rotatable bonds is 9. The molecule has 1 unspecified atom stereocenters. The maximum atomic E-state index is 8.62. The van der Waals surface area contributed by atoms with Gasteiger partial charge in [-0.25, -0.2) is 0 Å². The number of nitrogens with zero attached hydrogens (tertiary/aromatic N) is 2. The molecular formula is C16H24N2O2. The van der Waals surface area contributed by atoms with E-state index in [0.29, 0.717) is 19.1 Å². The van der Waals surface area contributed by atoms with Gasteiger partial charge in [-0.1, -0.05) is 19.1 Å². The van der Waals surface area contributed by atoms with E-state index in [1.165, 1.54) is 0 Å². The van der Waals surface area contributed by atoms with Gasteiger partial charge in [-0.05, 0) is 31.2 Å². The SMILES string of the molecule is CCN(CCOc1ccc(CC#N)cc1)C(C)COC. The van der Waals surface area contributed by atoms with Crippen LogP contribution in [0.4, 0.5) is 0 Å². The van der Waals surface area contributed by atoms with E-state index >= 15 is 0 Å². The summed E-state index contributed by atoms with van der Waals surface area (Å²) < 4.78 is 10.9. The smallest absolute Gasteiger partial charge is 0.119 e. The normalized spacial score (nSPS) is 12.2. The Hall–Kier alpha value is -1.57. The quantitative estimate of drug-likeness (QED) is 0.695. The molecule has 0 heterocycles. The summed E-state index contributed by atoms with van der Waals surface area (Å²) in [6.07, 6.45) is 0.443. The number of nitriles is 1. The van der Waals surface area contributed by atoms with Crippen LogP contribution in [0.5, 0.6) is 5.75 Å². The number of hydrogen-bond acceptors (Lipinski definition) is 4. The first-order chi connectivity index (χ1) is 9.71. The summed E-state index contributed by atoms with van der Waals surface area (Å²) in [4.78, 5) is 2.33. The molecule has 4 heteroatoms. The zero-order valence-electron chi connectivity index (χ0n) is 12.6. The highest BCUT2D eigenvalue weighted by Crippen LogP contribution is 2.12. The van der Waals surface area contributed by atoms with Gasteiger partial charge in [-0.2, -0.15) is 5.26 Å². The van der Waals surface area contributed by atoms with Gasteiger partial charge in [0, 0.05) is 19.7 Å². The first-order valence-corrected chi connectivity index (χ1v) is 7.03. The molecule has 0 radical (unpaired) electrons. The maximum Gasteiger partial charge on any atom is 0.119 e. The number of methoxy groups -OCH3 is 1. The van der Waals surface area contributed by atoms with Crippen molar-refractivity contribution in [2.75, 3.05) is 33.4 Å². The minimum Gasteiger partial charge on any atom is -0.492 e. The van der Waals surface area contributed by atoms with Crippen LogP contribution < -0.4 is 4.74 Å². The van der Waals surface area contributed by atoms with Crippen LogP contribution in [0.15, 0.2) is 24.3 Å². The van der Waals surface area contributed by atoms with Crippen molar-refractivity contribution < 1.29 is 9.47 Å². The van der Waals surface area contributed by atoms with E-state index in [1.54, 1.807) is 7.11 Å². The second-order valence-electron chi connectivity index (χ2n) is 4.76. The van der Waals surface area contributed by atoms with Gasteiger partial charge in [0.25, 0.3) is 0 Å². The molecule has 0 aliphatic heterocycles. The Balaban J connectivity index is 2.37. The third-order valence-electron chi connectivity index (χ3n) is 3.29. The topological polar surface area (TPSA) is 45.5 Å². The van der Waals surface area contributed by atoms with Gasteiger partial charge in [0.15, 0.2) is 0 Å². The molecule has 0 saturated carbocycles. The molecule has 0 saturated heterocycles. The van der Waals surface area contributed by atoms with E-state index in [-0.39, 0.29) is 0 Å². The fourth-order valence-corrected chi connectivity index (χ4v) is 2.11. The van der Waals surface area contributed by atoms with Gasteiger partial charge >= 0.3 is 0 Å². The molecule has 1 aromatic carbocycles. The zero-order chi connectivity index (χ0) is 14.8. The molecule has 0 spiro atoms. The van der Waals surface area contributed by atoms with Crippen LogP contribution in [0.1, 0.15) is 19.4 Å². The lowest BCUT2D eigenvalue weighted by Crippen LogP contribution is -2.38. The van der Waals surface area contributed by atoms with E-state index in [0.717, 1.165) is 31.0 Å². The first-order valence-electron chi connectivity index (χ1n) is 7.03.